The quantitative estimate of drug-likeness (QED) is 0.402. The highest BCUT2D eigenvalue weighted by molar-refractivity contribution is 6.30. The number of hydrogen-bond acceptors (Lipinski definition) is 7. The molecule has 0 radical (unpaired) electrons. The largest absolute Gasteiger partial charge is 0.490 e. The first-order valence-electron chi connectivity index (χ1n) is 11.2. The second kappa shape index (κ2) is 10.9. The average molecular weight is 541 g/mol. The molecular weight excluding hydrogens is 517 g/mol. The van der Waals surface area contributed by atoms with E-state index in [-0.39, 0.29) is 56.2 Å². The summed E-state index contributed by atoms with van der Waals surface area (Å²) < 4.78 is 51.5. The highest BCUT2D eigenvalue weighted by Gasteiger charge is 2.40. The molecule has 37 heavy (non-hydrogen) atoms. The molecule has 0 bridgehead atoms. The van der Waals surface area contributed by atoms with Crippen LogP contribution in [0.25, 0.3) is 0 Å². The number of β-amino-alcohol motifs (C(OH)–C–C–N with tert-alkyl or cyclic N) is 1. The van der Waals surface area contributed by atoms with Gasteiger partial charge in [0.05, 0.1) is 18.7 Å². The van der Waals surface area contributed by atoms with Gasteiger partial charge in [0.15, 0.2) is 11.5 Å². The molecule has 1 amide bonds. The molecule has 2 heterocycles. The van der Waals surface area contributed by atoms with Crippen molar-refractivity contribution < 1.29 is 37.7 Å². The summed E-state index contributed by atoms with van der Waals surface area (Å²) in [6.45, 7) is -0.465. The molecule has 1 atom stereocenters. The van der Waals surface area contributed by atoms with E-state index >= 15 is 0 Å². The number of imidazole rings is 1. The normalized spacial score (nSPS) is 15.6. The third-order valence-electron chi connectivity index (χ3n) is 5.68. The minimum atomic E-state index is -4.49. The van der Waals surface area contributed by atoms with Gasteiger partial charge in [-0.1, -0.05) is 29.8 Å². The summed E-state index contributed by atoms with van der Waals surface area (Å²) in [5.41, 5.74) is 0.0968. The molecule has 0 aliphatic carbocycles. The van der Waals surface area contributed by atoms with Gasteiger partial charge in [-0.15, -0.1) is 0 Å². The van der Waals surface area contributed by atoms with E-state index in [0.29, 0.717) is 5.02 Å². The summed E-state index contributed by atoms with van der Waals surface area (Å²) in [5, 5.41) is 20.4. The lowest BCUT2D eigenvalue weighted by Gasteiger charge is -2.38. The molecule has 1 aliphatic heterocycles. The Morgan fingerprint density at radius 2 is 1.81 bits per heavy atom. The number of aromatic nitrogens is 2. The number of aliphatic hydroxyl groups is 2. The molecule has 1 aromatic heterocycles. The SMILES string of the molecule is CN1c2nc(OCCOc3cccc(C(F)(F)F)c3)n(Cc3ccc(Cl)cc3)c2C(=O)N(CCO)C1O. The number of aliphatic hydroxyl groups excluding tert-OH is 2. The maximum atomic E-state index is 13.2. The van der Waals surface area contributed by atoms with Crippen LogP contribution in [0, 0.1) is 0 Å². The van der Waals surface area contributed by atoms with E-state index in [1.165, 1.54) is 21.6 Å². The van der Waals surface area contributed by atoms with Gasteiger partial charge in [-0.3, -0.25) is 14.3 Å². The van der Waals surface area contributed by atoms with Gasteiger partial charge in [-0.2, -0.15) is 18.2 Å². The van der Waals surface area contributed by atoms with Crippen molar-refractivity contribution in [2.24, 2.45) is 0 Å². The molecule has 1 aliphatic rings. The summed E-state index contributed by atoms with van der Waals surface area (Å²) in [6.07, 6.45) is -5.84. The van der Waals surface area contributed by atoms with E-state index in [2.05, 4.69) is 4.98 Å². The Morgan fingerprint density at radius 1 is 1.11 bits per heavy atom. The standard InChI is InChI=1S/C24H24ClF3N4O5/c1-30-20-19(21(34)31(9-10-33)23(30)35)32(14-15-5-7-17(25)8-6-15)22(29-20)37-12-11-36-18-4-2-3-16(13-18)24(26,27)28/h2-8,13,23,33,35H,9-12,14H2,1H3. The molecule has 2 aromatic carbocycles. The van der Waals surface area contributed by atoms with Crippen molar-refractivity contribution in [3.05, 3.63) is 70.4 Å². The number of hydrogen-bond donors (Lipinski definition) is 2. The smallest absolute Gasteiger partial charge is 0.416 e. The van der Waals surface area contributed by atoms with Gasteiger partial charge in [0, 0.05) is 18.6 Å². The lowest BCUT2D eigenvalue weighted by molar-refractivity contribution is -0.137. The van der Waals surface area contributed by atoms with Gasteiger partial charge in [-0.25, -0.2) is 0 Å². The number of fused-ring (bicyclic) bond motifs is 1. The number of anilines is 1. The maximum absolute atomic E-state index is 13.2. The van der Waals surface area contributed by atoms with Crippen molar-refractivity contribution in [1.29, 1.82) is 0 Å². The predicted octanol–water partition coefficient (Wildman–Crippen LogP) is 3.22. The number of nitrogens with zero attached hydrogens (tertiary/aromatic N) is 4. The minimum absolute atomic E-state index is 0.0277. The molecular formula is C24H24ClF3N4O5. The van der Waals surface area contributed by atoms with Crippen LogP contribution < -0.4 is 14.4 Å². The monoisotopic (exact) mass is 540 g/mol. The lowest BCUT2D eigenvalue weighted by Crippen LogP contribution is -2.55. The first kappa shape index (κ1) is 26.6. The number of rotatable bonds is 9. The topological polar surface area (TPSA) is 100 Å². The van der Waals surface area contributed by atoms with Gasteiger partial charge in [0.25, 0.3) is 11.9 Å². The second-order valence-electron chi connectivity index (χ2n) is 8.18. The van der Waals surface area contributed by atoms with Gasteiger partial charge in [-0.05, 0) is 35.9 Å². The van der Waals surface area contributed by atoms with Crippen molar-refractivity contribution in [3.63, 3.8) is 0 Å². The molecule has 4 rings (SSSR count). The lowest BCUT2D eigenvalue weighted by atomic mass is 10.2. The summed E-state index contributed by atoms with van der Waals surface area (Å²) in [7, 11) is 1.54. The van der Waals surface area contributed by atoms with Gasteiger partial charge in [0.1, 0.15) is 19.0 Å². The Bertz CT molecular complexity index is 1250. The number of ether oxygens (including phenoxy) is 2. The van der Waals surface area contributed by atoms with Crippen LogP contribution in [0.5, 0.6) is 11.8 Å². The molecule has 9 nitrogen and oxygen atoms in total. The number of carbonyl (C=O) groups excluding carboxylic acids is 1. The fourth-order valence-electron chi connectivity index (χ4n) is 3.85. The molecule has 1 unspecified atom stereocenters. The third-order valence-corrected chi connectivity index (χ3v) is 5.93. The van der Waals surface area contributed by atoms with Crippen LogP contribution in [0.1, 0.15) is 21.6 Å². The van der Waals surface area contributed by atoms with E-state index in [4.69, 9.17) is 21.1 Å². The van der Waals surface area contributed by atoms with E-state index in [9.17, 15) is 28.2 Å². The summed E-state index contributed by atoms with van der Waals surface area (Å²) in [4.78, 5) is 20.1. The van der Waals surface area contributed by atoms with Gasteiger partial charge >= 0.3 is 6.18 Å². The van der Waals surface area contributed by atoms with E-state index in [1.807, 2.05) is 0 Å². The van der Waals surface area contributed by atoms with Crippen molar-refractivity contribution in [1.82, 2.24) is 14.5 Å². The number of benzene rings is 2. The van der Waals surface area contributed by atoms with Crippen LogP contribution in [0.4, 0.5) is 19.0 Å². The van der Waals surface area contributed by atoms with Crippen LogP contribution in [-0.2, 0) is 12.7 Å². The third kappa shape index (κ3) is 5.76. The van der Waals surface area contributed by atoms with E-state index in [0.717, 1.165) is 22.6 Å². The molecule has 0 saturated carbocycles. The fourth-order valence-corrected chi connectivity index (χ4v) is 3.97. The Morgan fingerprint density at radius 3 is 2.49 bits per heavy atom. The van der Waals surface area contributed by atoms with Gasteiger partial charge < -0.3 is 24.6 Å². The fraction of sp³-hybridized carbons (Fsp3) is 0.333. The Labute approximate surface area is 215 Å². The number of alkyl halides is 3. The summed E-state index contributed by atoms with van der Waals surface area (Å²) in [6, 6.07) is 11.5. The van der Waals surface area contributed by atoms with E-state index in [1.54, 1.807) is 31.3 Å². The second-order valence-corrected chi connectivity index (χ2v) is 8.62. The molecule has 0 saturated heterocycles. The average Bonchev–Trinajstić information content (AvgIpc) is 3.22. The van der Waals surface area contributed by atoms with Crippen LogP contribution in [-0.4, -0.2) is 70.3 Å². The molecule has 0 fully saturated rings. The molecule has 2 N–H and O–H groups in total. The Kier molecular flexibility index (Phi) is 7.81. The molecule has 198 valence electrons. The van der Waals surface area contributed by atoms with Crippen molar-refractivity contribution >= 4 is 23.3 Å². The zero-order chi connectivity index (χ0) is 26.7. The zero-order valence-corrected chi connectivity index (χ0v) is 20.4. The molecule has 3 aromatic rings. The van der Waals surface area contributed by atoms with Crippen LogP contribution in [0.2, 0.25) is 5.02 Å². The zero-order valence-electron chi connectivity index (χ0n) is 19.7. The molecule has 0 spiro atoms. The highest BCUT2D eigenvalue weighted by Crippen LogP contribution is 2.34. The first-order valence-corrected chi connectivity index (χ1v) is 11.6. The van der Waals surface area contributed by atoms with Crippen molar-refractivity contribution in [2.75, 3.05) is 38.3 Å². The number of amides is 1. The maximum Gasteiger partial charge on any atom is 0.416 e. The number of halogens is 4. The Balaban J connectivity index is 1.57. The predicted molar refractivity (Wildman–Crippen MR) is 128 cm³/mol. The van der Waals surface area contributed by atoms with Crippen LogP contribution >= 0.6 is 11.6 Å². The van der Waals surface area contributed by atoms with Crippen LogP contribution in [0.3, 0.4) is 0 Å². The van der Waals surface area contributed by atoms with E-state index < -0.39 is 24.0 Å². The van der Waals surface area contributed by atoms with Crippen LogP contribution in [0.15, 0.2) is 48.5 Å². The summed E-state index contributed by atoms with van der Waals surface area (Å²) >= 11 is 5.98. The molecule has 13 heteroatoms. The van der Waals surface area contributed by atoms with Crippen molar-refractivity contribution in [3.8, 4) is 11.8 Å². The number of carbonyl (C=O) groups is 1. The van der Waals surface area contributed by atoms with Gasteiger partial charge in [0.2, 0.25) is 6.35 Å². The van der Waals surface area contributed by atoms with Crippen molar-refractivity contribution in [2.45, 2.75) is 19.1 Å². The highest BCUT2D eigenvalue weighted by atomic mass is 35.5. The summed E-state index contributed by atoms with van der Waals surface area (Å²) in [5.74, 6) is -0.347. The minimum Gasteiger partial charge on any atom is -0.490 e. The first-order chi connectivity index (χ1) is 17.6. The Hall–Kier alpha value is -3.48.